The van der Waals surface area contributed by atoms with Gasteiger partial charge in [0, 0.05) is 98.9 Å². The lowest BCUT2D eigenvalue weighted by Crippen LogP contribution is -2.00. The van der Waals surface area contributed by atoms with Gasteiger partial charge in [0.2, 0.25) is 0 Å². The lowest BCUT2D eigenvalue weighted by molar-refractivity contribution is 1.07. The van der Waals surface area contributed by atoms with Crippen LogP contribution in [0.15, 0.2) is 449 Å². The Morgan fingerprint density at radius 2 is 0.352 bits per heavy atom. The standard InChI is InChI=1S/C63H39N5.C55H35N5/c1-3-15-40(16-4-1)61-64-62(41-17-5-2-6-18-41)66-63(65-61)42-27-31-45(32-28-42)67-57-25-13-11-23-52(57)54-34-29-43(37-59(54)67)44-30-35-55-53-24-12-14-26-58(53)68(60(55)38-44)46-33-36-51-49-21-8-7-19-47(49)48-20-9-10-22-50(48)56(51)39-46;1-3-15-37(16-4-1)53-56-54(38-17-5-2-6-18-38)58-55(57-53)39-26-30-42(31-27-39)59-49-23-11-9-21-44(49)46-32-28-40(34-51(46)59)41-29-33-47-45-22-10-12-24-50(45)60(52(47)35-41)48-25-13-19-36-14-7-8-20-43(36)48/h1-39H;1-35H. The van der Waals surface area contributed by atoms with Crippen molar-refractivity contribution in [3.05, 3.63) is 449 Å². The van der Waals surface area contributed by atoms with Crippen LogP contribution in [0.3, 0.4) is 0 Å². The Morgan fingerprint density at radius 1 is 0.125 bits per heavy atom. The molecule has 26 aromatic rings. The largest absolute Gasteiger partial charge is 0.309 e. The second-order valence-corrected chi connectivity index (χ2v) is 32.8. The third-order valence-electron chi connectivity index (χ3n) is 25.5. The second kappa shape index (κ2) is 30.3. The Bertz CT molecular complexity index is 8770. The number of benzene rings is 20. The molecule has 0 amide bonds. The molecule has 0 bridgehead atoms. The van der Waals surface area contributed by atoms with Crippen molar-refractivity contribution in [1.82, 2.24) is 48.2 Å². The number of rotatable bonds is 12. The minimum atomic E-state index is 0.632. The zero-order chi connectivity index (χ0) is 84.3. The molecule has 0 aliphatic heterocycles. The Hall–Kier alpha value is -17.3. The number of hydrogen-bond donors (Lipinski definition) is 0. The summed E-state index contributed by atoms with van der Waals surface area (Å²) in [5.41, 5.74) is 24.1. The Balaban J connectivity index is 0.000000140. The molecule has 10 nitrogen and oxygen atoms in total. The molecule has 0 spiro atoms. The first-order chi connectivity index (χ1) is 63.5. The highest BCUT2D eigenvalue weighted by Gasteiger charge is 2.24. The first-order valence-corrected chi connectivity index (χ1v) is 43.4. The fourth-order valence-corrected chi connectivity index (χ4v) is 19.5. The van der Waals surface area contributed by atoms with Crippen molar-refractivity contribution in [3.8, 4) is 113 Å². The van der Waals surface area contributed by atoms with E-state index in [2.05, 4.69) is 346 Å². The van der Waals surface area contributed by atoms with Gasteiger partial charge >= 0.3 is 0 Å². The predicted molar refractivity (Wildman–Crippen MR) is 531 cm³/mol. The lowest BCUT2D eigenvalue weighted by atomic mass is 9.94. The molecule has 596 valence electrons. The summed E-state index contributed by atoms with van der Waals surface area (Å²) in [6.07, 6.45) is 0. The summed E-state index contributed by atoms with van der Waals surface area (Å²) in [5.74, 6) is 3.85. The van der Waals surface area contributed by atoms with Gasteiger partial charge in [0.05, 0.1) is 49.8 Å². The number of aromatic nitrogens is 10. The Kier molecular flexibility index (Phi) is 17.4. The van der Waals surface area contributed by atoms with E-state index < -0.39 is 0 Å². The van der Waals surface area contributed by atoms with Gasteiger partial charge < -0.3 is 18.3 Å². The maximum atomic E-state index is 5.00. The molecule has 0 fully saturated rings. The van der Waals surface area contributed by atoms with Gasteiger partial charge in [0.25, 0.3) is 0 Å². The molecule has 20 aromatic carbocycles. The highest BCUT2D eigenvalue weighted by molar-refractivity contribution is 6.26. The lowest BCUT2D eigenvalue weighted by Gasteiger charge is -2.14. The van der Waals surface area contributed by atoms with Crippen molar-refractivity contribution >= 4 is 130 Å². The molecule has 10 heteroatoms. The van der Waals surface area contributed by atoms with E-state index in [4.69, 9.17) is 29.9 Å². The molecule has 26 rings (SSSR count). The molecular formula is C118H74N10. The normalized spacial score (nSPS) is 11.8. The van der Waals surface area contributed by atoms with Crippen LogP contribution >= 0.6 is 0 Å². The first-order valence-electron chi connectivity index (χ1n) is 43.4. The summed E-state index contributed by atoms with van der Waals surface area (Å²) in [4.78, 5) is 29.8. The Morgan fingerprint density at radius 3 is 0.703 bits per heavy atom. The van der Waals surface area contributed by atoms with Crippen molar-refractivity contribution in [2.24, 2.45) is 0 Å². The molecule has 0 saturated heterocycles. The highest BCUT2D eigenvalue weighted by atomic mass is 15.1. The smallest absolute Gasteiger partial charge is 0.164 e. The van der Waals surface area contributed by atoms with E-state index in [-0.39, 0.29) is 0 Å². The molecular weight excluding hydrogens is 1560 g/mol. The molecule has 0 radical (unpaired) electrons. The van der Waals surface area contributed by atoms with Crippen LogP contribution in [0.25, 0.3) is 244 Å². The molecule has 6 heterocycles. The number of fused-ring (bicyclic) bond motifs is 19. The van der Waals surface area contributed by atoms with E-state index in [0.29, 0.717) is 34.9 Å². The van der Waals surface area contributed by atoms with E-state index in [0.717, 1.165) is 89.2 Å². The molecule has 6 aromatic heterocycles. The first kappa shape index (κ1) is 73.4. The van der Waals surface area contributed by atoms with Crippen molar-refractivity contribution < 1.29 is 0 Å². The summed E-state index contributed by atoms with van der Waals surface area (Å²) < 4.78 is 9.65. The summed E-state index contributed by atoms with van der Waals surface area (Å²) >= 11 is 0. The molecule has 0 N–H and O–H groups in total. The van der Waals surface area contributed by atoms with E-state index in [9.17, 15) is 0 Å². The third-order valence-corrected chi connectivity index (χ3v) is 25.5. The van der Waals surface area contributed by atoms with Gasteiger partial charge in [-0.05, 0) is 175 Å². The van der Waals surface area contributed by atoms with Crippen LogP contribution in [0.5, 0.6) is 0 Å². The quantitative estimate of drug-likeness (QED) is 0.113. The van der Waals surface area contributed by atoms with E-state index in [1.807, 2.05) is 121 Å². The van der Waals surface area contributed by atoms with Crippen molar-refractivity contribution in [2.45, 2.75) is 0 Å². The number of hydrogen-bond acceptors (Lipinski definition) is 6. The van der Waals surface area contributed by atoms with Crippen molar-refractivity contribution in [2.75, 3.05) is 0 Å². The SMILES string of the molecule is c1ccc(-c2nc(-c3ccccc3)nc(-c3ccc(-n4c5ccccc5c5ccc(-c6ccc7c8ccccc8n(-c8ccc9c%10ccccc%10c%10ccccc%10c9c8)c7c6)cc54)cc3)n2)cc1.c1ccc(-c2nc(-c3ccccc3)nc(-c3ccc(-n4c5ccccc5c5ccc(-c6ccc7c8ccccc8n(-c8cccc9ccccc89)c7c6)cc54)cc3)n2)cc1. The molecule has 0 saturated carbocycles. The Labute approximate surface area is 735 Å². The van der Waals surface area contributed by atoms with Gasteiger partial charge in [-0.1, -0.05) is 334 Å². The molecule has 128 heavy (non-hydrogen) atoms. The summed E-state index contributed by atoms with van der Waals surface area (Å²) in [6, 6.07) is 160. The number of nitrogens with zero attached hydrogens (tertiary/aromatic N) is 10. The maximum Gasteiger partial charge on any atom is 0.164 e. The van der Waals surface area contributed by atoms with Gasteiger partial charge in [-0.15, -0.1) is 0 Å². The van der Waals surface area contributed by atoms with Crippen molar-refractivity contribution in [1.29, 1.82) is 0 Å². The highest BCUT2D eigenvalue weighted by Crippen LogP contribution is 2.45. The van der Waals surface area contributed by atoms with Crippen LogP contribution in [0.4, 0.5) is 0 Å². The monoisotopic (exact) mass is 1630 g/mol. The van der Waals surface area contributed by atoms with Crippen LogP contribution < -0.4 is 0 Å². The molecule has 0 aliphatic rings. The van der Waals surface area contributed by atoms with Crippen LogP contribution in [0, 0.1) is 0 Å². The second-order valence-electron chi connectivity index (χ2n) is 32.8. The van der Waals surface area contributed by atoms with Crippen LogP contribution in [-0.2, 0) is 0 Å². The van der Waals surface area contributed by atoms with E-state index in [1.54, 1.807) is 0 Å². The molecule has 0 unspecified atom stereocenters. The minimum Gasteiger partial charge on any atom is -0.309 e. The topological polar surface area (TPSA) is 97.1 Å². The van der Waals surface area contributed by atoms with Gasteiger partial charge in [-0.25, -0.2) is 29.9 Å². The summed E-state index contributed by atoms with van der Waals surface area (Å²) in [5, 5.41) is 19.9. The zero-order valence-corrected chi connectivity index (χ0v) is 69.2. The van der Waals surface area contributed by atoms with Gasteiger partial charge in [-0.2, -0.15) is 0 Å². The zero-order valence-electron chi connectivity index (χ0n) is 69.2. The van der Waals surface area contributed by atoms with E-state index >= 15 is 0 Å². The fourth-order valence-electron chi connectivity index (χ4n) is 19.5. The van der Waals surface area contributed by atoms with Crippen LogP contribution in [-0.4, -0.2) is 48.2 Å². The van der Waals surface area contributed by atoms with E-state index in [1.165, 1.54) is 119 Å². The molecule has 0 atom stereocenters. The predicted octanol–water partition coefficient (Wildman–Crippen LogP) is 30.1. The van der Waals surface area contributed by atoms with Crippen LogP contribution in [0.2, 0.25) is 0 Å². The summed E-state index contributed by atoms with van der Waals surface area (Å²) in [7, 11) is 0. The minimum absolute atomic E-state index is 0.632. The van der Waals surface area contributed by atoms with Crippen molar-refractivity contribution in [3.63, 3.8) is 0 Å². The maximum absolute atomic E-state index is 5.00. The molecule has 0 aliphatic carbocycles. The van der Waals surface area contributed by atoms with Gasteiger partial charge in [0.15, 0.2) is 34.9 Å². The third kappa shape index (κ3) is 12.4. The van der Waals surface area contributed by atoms with Gasteiger partial charge in [0.1, 0.15) is 0 Å². The average Bonchev–Trinajstić information content (AvgIpc) is 1.51. The average molecular weight is 1630 g/mol. The van der Waals surface area contributed by atoms with Gasteiger partial charge in [-0.3, -0.25) is 0 Å². The summed E-state index contributed by atoms with van der Waals surface area (Å²) in [6.45, 7) is 0. The fraction of sp³-hybridized carbons (Fsp3) is 0. The number of para-hydroxylation sites is 4. The van der Waals surface area contributed by atoms with Crippen LogP contribution in [0.1, 0.15) is 0 Å².